The largest absolute Gasteiger partial charge is 0.481 e. The highest BCUT2D eigenvalue weighted by atomic mass is 32.2. The van der Waals surface area contributed by atoms with E-state index in [1.165, 1.54) is 0 Å². The summed E-state index contributed by atoms with van der Waals surface area (Å²) in [6.45, 7) is 4.88. The highest BCUT2D eigenvalue weighted by molar-refractivity contribution is 7.99. The van der Waals surface area contributed by atoms with Crippen molar-refractivity contribution in [2.24, 2.45) is 0 Å². The Bertz CT molecular complexity index is 215. The molecule has 0 fully saturated rings. The van der Waals surface area contributed by atoms with Crippen molar-refractivity contribution in [2.75, 3.05) is 18.1 Å². The van der Waals surface area contributed by atoms with Gasteiger partial charge in [-0.1, -0.05) is 12.2 Å². The first-order chi connectivity index (χ1) is 7.20. The van der Waals surface area contributed by atoms with Crippen LogP contribution < -0.4 is 0 Å². The SMILES string of the molecule is CC=CN(C=CC)CCSCCC(=O)O. The van der Waals surface area contributed by atoms with E-state index in [9.17, 15) is 4.79 Å². The Morgan fingerprint density at radius 3 is 2.33 bits per heavy atom. The van der Waals surface area contributed by atoms with Gasteiger partial charge in [0.1, 0.15) is 0 Å². The maximum Gasteiger partial charge on any atom is 0.304 e. The van der Waals surface area contributed by atoms with Crippen molar-refractivity contribution in [3.8, 4) is 0 Å². The van der Waals surface area contributed by atoms with E-state index in [1.54, 1.807) is 11.8 Å². The molecule has 0 spiro atoms. The predicted octanol–water partition coefficient (Wildman–Crippen LogP) is 2.56. The third kappa shape index (κ3) is 9.41. The second-order valence-electron chi connectivity index (χ2n) is 2.96. The lowest BCUT2D eigenvalue weighted by molar-refractivity contribution is -0.136. The number of allylic oxidation sites excluding steroid dienone is 2. The molecule has 3 nitrogen and oxygen atoms in total. The van der Waals surface area contributed by atoms with Gasteiger partial charge in [-0.2, -0.15) is 11.8 Å². The summed E-state index contributed by atoms with van der Waals surface area (Å²) in [5.41, 5.74) is 0. The minimum Gasteiger partial charge on any atom is -0.481 e. The van der Waals surface area contributed by atoms with Crippen molar-refractivity contribution in [1.82, 2.24) is 4.90 Å². The van der Waals surface area contributed by atoms with Gasteiger partial charge in [-0.25, -0.2) is 0 Å². The Morgan fingerprint density at radius 1 is 1.27 bits per heavy atom. The van der Waals surface area contributed by atoms with Crippen molar-refractivity contribution < 1.29 is 9.90 Å². The number of carbonyl (C=O) groups is 1. The number of rotatable bonds is 8. The lowest BCUT2D eigenvalue weighted by Gasteiger charge is -2.14. The maximum atomic E-state index is 10.3. The van der Waals surface area contributed by atoms with E-state index in [-0.39, 0.29) is 6.42 Å². The molecule has 86 valence electrons. The van der Waals surface area contributed by atoms with Gasteiger partial charge in [-0.3, -0.25) is 4.79 Å². The third-order valence-electron chi connectivity index (χ3n) is 1.64. The van der Waals surface area contributed by atoms with Crippen molar-refractivity contribution in [3.63, 3.8) is 0 Å². The van der Waals surface area contributed by atoms with Gasteiger partial charge < -0.3 is 10.0 Å². The molecule has 0 unspecified atom stereocenters. The van der Waals surface area contributed by atoms with Crippen LogP contribution in [0.15, 0.2) is 24.6 Å². The monoisotopic (exact) mass is 229 g/mol. The zero-order valence-electron chi connectivity index (χ0n) is 9.35. The van der Waals surface area contributed by atoms with Crippen LogP contribution in [0, 0.1) is 0 Å². The zero-order chi connectivity index (χ0) is 11.5. The Morgan fingerprint density at radius 2 is 1.87 bits per heavy atom. The topological polar surface area (TPSA) is 40.5 Å². The summed E-state index contributed by atoms with van der Waals surface area (Å²) in [6, 6.07) is 0. The van der Waals surface area contributed by atoms with Crippen molar-refractivity contribution >= 4 is 17.7 Å². The molecule has 0 rings (SSSR count). The van der Waals surface area contributed by atoms with Crippen molar-refractivity contribution in [3.05, 3.63) is 24.6 Å². The lowest BCUT2D eigenvalue weighted by atomic mass is 10.5. The third-order valence-corrected chi connectivity index (χ3v) is 2.60. The van der Waals surface area contributed by atoms with Crippen LogP contribution >= 0.6 is 11.8 Å². The van der Waals surface area contributed by atoms with E-state index in [4.69, 9.17) is 5.11 Å². The van der Waals surface area contributed by atoms with Crippen LogP contribution in [0.4, 0.5) is 0 Å². The van der Waals surface area contributed by atoms with E-state index >= 15 is 0 Å². The van der Waals surface area contributed by atoms with Crippen LogP contribution in [0.25, 0.3) is 0 Å². The normalized spacial score (nSPS) is 11.3. The maximum absolute atomic E-state index is 10.3. The number of nitrogens with zero attached hydrogens (tertiary/aromatic N) is 1. The Labute approximate surface area is 95.8 Å². The Kier molecular flexibility index (Phi) is 9.07. The fraction of sp³-hybridized carbons (Fsp3) is 0.545. The summed E-state index contributed by atoms with van der Waals surface area (Å²) in [4.78, 5) is 12.3. The summed E-state index contributed by atoms with van der Waals surface area (Å²) in [6.07, 6.45) is 8.25. The molecule has 15 heavy (non-hydrogen) atoms. The highest BCUT2D eigenvalue weighted by Crippen LogP contribution is 2.04. The number of carboxylic acid groups (broad SMARTS) is 1. The minimum absolute atomic E-state index is 0.248. The molecule has 0 aromatic carbocycles. The Balaban J connectivity index is 3.58. The van der Waals surface area contributed by atoms with E-state index in [1.807, 2.05) is 38.4 Å². The van der Waals surface area contributed by atoms with Crippen LogP contribution in [0.5, 0.6) is 0 Å². The zero-order valence-corrected chi connectivity index (χ0v) is 10.2. The molecule has 0 heterocycles. The van der Waals surface area contributed by atoms with E-state index in [2.05, 4.69) is 4.90 Å². The average Bonchev–Trinajstić information content (AvgIpc) is 2.17. The molecule has 0 aliphatic carbocycles. The van der Waals surface area contributed by atoms with Crippen molar-refractivity contribution in [2.45, 2.75) is 20.3 Å². The summed E-state index contributed by atoms with van der Waals surface area (Å²) >= 11 is 1.67. The molecule has 0 aliphatic heterocycles. The van der Waals surface area contributed by atoms with Gasteiger partial charge in [0, 0.05) is 18.1 Å². The van der Waals surface area contributed by atoms with E-state index < -0.39 is 5.97 Å². The standard InChI is InChI=1S/C11H19NO2S/c1-3-6-12(7-4-2)8-10-15-9-5-11(13)14/h3-4,6-7H,5,8-10H2,1-2H3,(H,13,14). The molecule has 0 radical (unpaired) electrons. The molecule has 0 aromatic rings. The summed E-state index contributed by atoms with van der Waals surface area (Å²) in [7, 11) is 0. The van der Waals surface area contributed by atoms with Gasteiger partial charge in [0.25, 0.3) is 0 Å². The van der Waals surface area contributed by atoms with Gasteiger partial charge in [0.15, 0.2) is 0 Å². The number of hydrogen-bond acceptors (Lipinski definition) is 3. The molecule has 0 aliphatic rings. The number of hydrogen-bond donors (Lipinski definition) is 1. The molecule has 4 heteroatoms. The van der Waals surface area contributed by atoms with Crippen LogP contribution in [0.2, 0.25) is 0 Å². The number of carboxylic acids is 1. The fourth-order valence-electron chi connectivity index (χ4n) is 1.01. The van der Waals surface area contributed by atoms with Crippen LogP contribution in [0.1, 0.15) is 20.3 Å². The van der Waals surface area contributed by atoms with Gasteiger partial charge >= 0.3 is 5.97 Å². The first-order valence-electron chi connectivity index (χ1n) is 5.01. The molecule has 0 amide bonds. The van der Waals surface area contributed by atoms with Gasteiger partial charge in [-0.05, 0) is 26.2 Å². The van der Waals surface area contributed by atoms with Gasteiger partial charge in [0.05, 0.1) is 6.42 Å². The average molecular weight is 229 g/mol. The van der Waals surface area contributed by atoms with E-state index in [0.29, 0.717) is 5.75 Å². The first-order valence-corrected chi connectivity index (χ1v) is 6.17. The molecular formula is C11H19NO2S. The molecule has 0 bridgehead atoms. The molecule has 0 saturated carbocycles. The summed E-state index contributed by atoms with van der Waals surface area (Å²) in [5, 5.41) is 8.44. The van der Waals surface area contributed by atoms with Crippen LogP contribution in [-0.2, 0) is 4.79 Å². The number of thioether (sulfide) groups is 1. The predicted molar refractivity (Wildman–Crippen MR) is 65.9 cm³/mol. The van der Waals surface area contributed by atoms with Gasteiger partial charge in [-0.15, -0.1) is 0 Å². The fourth-order valence-corrected chi connectivity index (χ4v) is 1.88. The Hall–Kier alpha value is -0.900. The second-order valence-corrected chi connectivity index (χ2v) is 4.18. The molecular weight excluding hydrogens is 210 g/mol. The summed E-state index contributed by atoms with van der Waals surface area (Å²) < 4.78 is 0. The minimum atomic E-state index is -0.721. The van der Waals surface area contributed by atoms with E-state index in [0.717, 1.165) is 12.3 Å². The molecule has 0 saturated heterocycles. The summed E-state index contributed by atoms with van der Waals surface area (Å²) in [5.74, 6) is 0.915. The molecule has 0 atom stereocenters. The van der Waals surface area contributed by atoms with Crippen LogP contribution in [0.3, 0.4) is 0 Å². The second kappa shape index (κ2) is 9.65. The number of aliphatic carboxylic acids is 1. The van der Waals surface area contributed by atoms with Gasteiger partial charge in [0.2, 0.25) is 0 Å². The van der Waals surface area contributed by atoms with Crippen LogP contribution in [-0.4, -0.2) is 34.0 Å². The molecule has 0 aromatic heterocycles. The molecule has 1 N–H and O–H groups in total. The van der Waals surface area contributed by atoms with Crippen molar-refractivity contribution in [1.29, 1.82) is 0 Å². The highest BCUT2D eigenvalue weighted by Gasteiger charge is 1.98. The first kappa shape index (κ1) is 14.1. The smallest absolute Gasteiger partial charge is 0.304 e. The lowest BCUT2D eigenvalue weighted by Crippen LogP contribution is -2.13. The quantitative estimate of drug-likeness (QED) is 0.649.